The molecule has 3 rings (SSSR count). The van der Waals surface area contributed by atoms with E-state index in [1.54, 1.807) is 6.92 Å². The first-order chi connectivity index (χ1) is 13.4. The van der Waals surface area contributed by atoms with Crippen LogP contribution in [0, 0.1) is 0 Å². The minimum absolute atomic E-state index is 0.0227. The molecule has 0 aromatic heterocycles. The molecule has 1 heterocycles. The van der Waals surface area contributed by atoms with Crippen LogP contribution in [0.2, 0.25) is 0 Å². The lowest BCUT2D eigenvalue weighted by Crippen LogP contribution is -2.51. The van der Waals surface area contributed by atoms with Crippen LogP contribution in [0.5, 0.6) is 0 Å². The number of hydrogen-bond acceptors (Lipinski definition) is 3. The third kappa shape index (κ3) is 4.62. The van der Waals surface area contributed by atoms with Crippen molar-refractivity contribution in [1.29, 1.82) is 0 Å². The molecule has 2 aromatic rings. The van der Waals surface area contributed by atoms with E-state index in [2.05, 4.69) is 12.2 Å². The van der Waals surface area contributed by atoms with Crippen LogP contribution in [0.1, 0.15) is 43.4 Å². The second kappa shape index (κ2) is 8.88. The minimum Gasteiger partial charge on any atom is -0.325 e. The van der Waals surface area contributed by atoms with E-state index >= 15 is 0 Å². The quantitative estimate of drug-likeness (QED) is 0.770. The Labute approximate surface area is 167 Å². The molecule has 0 bridgehead atoms. The van der Waals surface area contributed by atoms with Crippen molar-refractivity contribution >= 4 is 21.6 Å². The number of benzene rings is 2. The number of unbranched alkanes of at least 4 members (excludes halogenated alkanes) is 1. The van der Waals surface area contributed by atoms with Gasteiger partial charge in [0, 0.05) is 12.2 Å². The Kier molecular flexibility index (Phi) is 6.52. The Morgan fingerprint density at radius 3 is 2.39 bits per heavy atom. The molecule has 0 spiro atoms. The zero-order valence-corrected chi connectivity index (χ0v) is 17.3. The lowest BCUT2D eigenvalue weighted by Gasteiger charge is -2.34. The van der Waals surface area contributed by atoms with Crippen LogP contribution in [0.4, 0.5) is 5.69 Å². The summed E-state index contributed by atoms with van der Waals surface area (Å²) in [6.45, 7) is 4.01. The van der Waals surface area contributed by atoms with Gasteiger partial charge in [-0.25, -0.2) is 8.42 Å². The van der Waals surface area contributed by atoms with Gasteiger partial charge in [-0.2, -0.15) is 4.31 Å². The first kappa shape index (κ1) is 20.6. The minimum atomic E-state index is -3.49. The van der Waals surface area contributed by atoms with Gasteiger partial charge >= 0.3 is 0 Å². The van der Waals surface area contributed by atoms with E-state index in [-0.39, 0.29) is 18.2 Å². The summed E-state index contributed by atoms with van der Waals surface area (Å²) in [6, 6.07) is 14.8. The highest BCUT2D eigenvalue weighted by Crippen LogP contribution is 2.27. The highest BCUT2D eigenvalue weighted by molar-refractivity contribution is 7.89. The van der Waals surface area contributed by atoms with Crippen LogP contribution in [0.15, 0.2) is 48.5 Å². The predicted octanol–water partition coefficient (Wildman–Crippen LogP) is 3.74. The maximum absolute atomic E-state index is 13.0. The number of anilines is 1. The number of sulfonamides is 1. The molecule has 0 saturated heterocycles. The number of carbonyl (C=O) groups is 1. The van der Waals surface area contributed by atoms with Gasteiger partial charge in [-0.15, -0.1) is 0 Å². The van der Waals surface area contributed by atoms with Crippen LogP contribution in [0.25, 0.3) is 0 Å². The van der Waals surface area contributed by atoms with E-state index in [0.717, 1.165) is 30.4 Å². The van der Waals surface area contributed by atoms with Gasteiger partial charge in [0.05, 0.1) is 5.75 Å². The Morgan fingerprint density at radius 2 is 1.75 bits per heavy atom. The van der Waals surface area contributed by atoms with Crippen molar-refractivity contribution in [3.05, 3.63) is 65.2 Å². The van der Waals surface area contributed by atoms with Crippen molar-refractivity contribution in [2.24, 2.45) is 0 Å². The molecule has 2 aromatic carbocycles. The molecule has 1 aliphatic rings. The van der Waals surface area contributed by atoms with E-state index in [9.17, 15) is 13.2 Å². The monoisotopic (exact) mass is 400 g/mol. The van der Waals surface area contributed by atoms with Gasteiger partial charge in [0.2, 0.25) is 15.9 Å². The summed E-state index contributed by atoms with van der Waals surface area (Å²) >= 11 is 0. The number of carbonyl (C=O) groups excluding carboxylic acids is 1. The lowest BCUT2D eigenvalue weighted by molar-refractivity contribution is -0.120. The molecule has 0 fully saturated rings. The number of nitrogens with one attached hydrogen (secondary N) is 1. The Balaban J connectivity index is 1.80. The first-order valence-electron chi connectivity index (χ1n) is 9.90. The molecule has 1 N–H and O–H groups in total. The van der Waals surface area contributed by atoms with Gasteiger partial charge in [0.1, 0.15) is 6.04 Å². The third-order valence-corrected chi connectivity index (χ3v) is 7.10. The van der Waals surface area contributed by atoms with E-state index in [1.807, 2.05) is 48.5 Å². The number of amides is 1. The molecule has 1 amide bonds. The smallest absolute Gasteiger partial charge is 0.243 e. The molecular formula is C22H28N2O3S. The molecular weight excluding hydrogens is 372 g/mol. The van der Waals surface area contributed by atoms with Crippen LogP contribution < -0.4 is 5.32 Å². The molecule has 1 unspecified atom stereocenters. The van der Waals surface area contributed by atoms with E-state index in [1.165, 1.54) is 9.87 Å². The van der Waals surface area contributed by atoms with Gasteiger partial charge < -0.3 is 5.32 Å². The Morgan fingerprint density at radius 1 is 1.07 bits per heavy atom. The molecule has 28 heavy (non-hydrogen) atoms. The number of rotatable bonds is 7. The molecule has 6 heteroatoms. The fraction of sp³-hybridized carbons (Fsp3) is 0.409. The normalized spacial score (nSPS) is 17.1. The van der Waals surface area contributed by atoms with Crippen LogP contribution in [-0.2, 0) is 34.2 Å². The summed E-state index contributed by atoms with van der Waals surface area (Å²) < 4.78 is 26.6. The first-order valence-corrected chi connectivity index (χ1v) is 11.5. The largest absolute Gasteiger partial charge is 0.325 e. The Bertz CT molecular complexity index is 923. The summed E-state index contributed by atoms with van der Waals surface area (Å²) in [5, 5.41) is 2.91. The fourth-order valence-corrected chi connectivity index (χ4v) is 4.77. The zero-order valence-electron chi connectivity index (χ0n) is 16.5. The van der Waals surface area contributed by atoms with E-state index in [4.69, 9.17) is 0 Å². The average molecular weight is 401 g/mol. The van der Waals surface area contributed by atoms with E-state index in [0.29, 0.717) is 12.1 Å². The molecule has 0 radical (unpaired) electrons. The zero-order chi connectivity index (χ0) is 20.1. The standard InChI is InChI=1S/C22H28N2O3S/c1-3-5-8-17-11-13-20(14-12-17)23-22(25)21-15-18-9-6-7-10-19(18)16-24(21)28(26,27)4-2/h6-7,9-14,21H,3-5,8,15-16H2,1-2H3,(H,23,25). The number of hydrogen-bond donors (Lipinski definition) is 1. The molecule has 5 nitrogen and oxygen atoms in total. The van der Waals surface area contributed by atoms with Gasteiger partial charge in [-0.05, 0) is 55.0 Å². The van der Waals surface area contributed by atoms with Crippen LogP contribution in [-0.4, -0.2) is 30.4 Å². The number of fused-ring (bicyclic) bond motifs is 1. The van der Waals surface area contributed by atoms with Crippen molar-refractivity contribution in [2.75, 3.05) is 11.1 Å². The van der Waals surface area contributed by atoms with Crippen LogP contribution >= 0.6 is 0 Å². The molecule has 0 aliphatic carbocycles. The van der Waals surface area contributed by atoms with Crippen molar-refractivity contribution in [3.8, 4) is 0 Å². The number of nitrogens with zero attached hydrogens (tertiary/aromatic N) is 1. The second-order valence-corrected chi connectivity index (χ2v) is 9.43. The summed E-state index contributed by atoms with van der Waals surface area (Å²) in [5.74, 6) is -0.307. The third-order valence-electron chi connectivity index (χ3n) is 5.27. The Hall–Kier alpha value is -2.18. The van der Waals surface area contributed by atoms with Crippen molar-refractivity contribution in [2.45, 2.75) is 52.1 Å². The van der Waals surface area contributed by atoms with Crippen molar-refractivity contribution in [1.82, 2.24) is 4.31 Å². The predicted molar refractivity (Wildman–Crippen MR) is 113 cm³/mol. The summed E-state index contributed by atoms with van der Waals surface area (Å²) in [5.41, 5.74) is 3.92. The van der Waals surface area contributed by atoms with Crippen molar-refractivity contribution < 1.29 is 13.2 Å². The van der Waals surface area contributed by atoms with Crippen molar-refractivity contribution in [3.63, 3.8) is 0 Å². The van der Waals surface area contributed by atoms with Gasteiger partial charge in [0.15, 0.2) is 0 Å². The average Bonchev–Trinajstić information content (AvgIpc) is 2.72. The molecule has 1 atom stereocenters. The summed E-state index contributed by atoms with van der Waals surface area (Å²) in [6.07, 6.45) is 3.68. The number of aryl methyl sites for hydroxylation is 1. The van der Waals surface area contributed by atoms with Gasteiger partial charge in [0.25, 0.3) is 0 Å². The van der Waals surface area contributed by atoms with E-state index < -0.39 is 16.1 Å². The lowest BCUT2D eigenvalue weighted by atomic mass is 9.95. The fourth-order valence-electron chi connectivity index (χ4n) is 3.54. The van der Waals surface area contributed by atoms with Crippen LogP contribution in [0.3, 0.4) is 0 Å². The highest BCUT2D eigenvalue weighted by atomic mass is 32.2. The molecule has 1 aliphatic heterocycles. The maximum atomic E-state index is 13.0. The van der Waals surface area contributed by atoms with Gasteiger partial charge in [-0.3, -0.25) is 4.79 Å². The summed E-state index contributed by atoms with van der Waals surface area (Å²) in [4.78, 5) is 13.0. The topological polar surface area (TPSA) is 66.5 Å². The second-order valence-electron chi connectivity index (χ2n) is 7.22. The molecule has 0 saturated carbocycles. The molecule has 150 valence electrons. The SMILES string of the molecule is CCCCc1ccc(NC(=O)C2Cc3ccccc3CN2S(=O)(=O)CC)cc1. The highest BCUT2D eigenvalue weighted by Gasteiger charge is 2.37. The van der Waals surface area contributed by atoms with Gasteiger partial charge in [-0.1, -0.05) is 49.7 Å². The summed E-state index contributed by atoms with van der Waals surface area (Å²) in [7, 11) is -3.49. The maximum Gasteiger partial charge on any atom is 0.243 e.